The molecule has 7 nitrogen and oxygen atoms in total. The molecule has 7 heteroatoms. The molecule has 0 aromatic carbocycles. The Balaban J connectivity index is 1.36. The van der Waals surface area contributed by atoms with Crippen molar-refractivity contribution in [3.63, 3.8) is 0 Å². The van der Waals surface area contributed by atoms with Crippen molar-refractivity contribution in [2.24, 2.45) is 11.8 Å². The molecule has 4 rings (SSSR count). The highest BCUT2D eigenvalue weighted by atomic mass is 16.6. The average molecular weight is 357 g/mol. The van der Waals surface area contributed by atoms with Crippen molar-refractivity contribution in [3.8, 4) is 0 Å². The summed E-state index contributed by atoms with van der Waals surface area (Å²) in [6.45, 7) is 8.57. The van der Waals surface area contributed by atoms with E-state index < -0.39 is 5.60 Å². The van der Waals surface area contributed by atoms with Crippen molar-refractivity contribution in [3.05, 3.63) is 30.4 Å². The average Bonchev–Trinajstić information content (AvgIpc) is 3.20. The van der Waals surface area contributed by atoms with Crippen LogP contribution in [0.15, 0.2) is 24.7 Å². The Kier molecular flexibility index (Phi) is 4.34. The number of ether oxygens (including phenoxy) is 1. The highest BCUT2D eigenvalue weighted by molar-refractivity contribution is 5.68. The first kappa shape index (κ1) is 17.3. The van der Waals surface area contributed by atoms with Gasteiger partial charge < -0.3 is 10.1 Å². The maximum absolute atomic E-state index is 12.1. The number of carbonyl (C=O) groups is 1. The summed E-state index contributed by atoms with van der Waals surface area (Å²) in [5.74, 6) is 1.88. The number of imidazole rings is 1. The molecule has 26 heavy (non-hydrogen) atoms. The number of likely N-dealkylation sites (tertiary alicyclic amines) is 1. The van der Waals surface area contributed by atoms with E-state index in [1.165, 1.54) is 0 Å². The number of nitrogens with zero attached hydrogens (tertiary/aromatic N) is 4. The van der Waals surface area contributed by atoms with Gasteiger partial charge in [-0.1, -0.05) is 0 Å². The molecule has 3 heterocycles. The molecule has 1 amide bonds. The monoisotopic (exact) mass is 357 g/mol. The van der Waals surface area contributed by atoms with E-state index in [4.69, 9.17) is 4.74 Å². The number of amides is 1. The summed E-state index contributed by atoms with van der Waals surface area (Å²) in [4.78, 5) is 23.4. The van der Waals surface area contributed by atoms with Gasteiger partial charge in [0.1, 0.15) is 5.60 Å². The van der Waals surface area contributed by atoms with Crippen LogP contribution in [0.2, 0.25) is 0 Å². The fourth-order valence-electron chi connectivity index (χ4n) is 4.31. The summed E-state index contributed by atoms with van der Waals surface area (Å²) in [5.41, 5.74) is 0.585. The van der Waals surface area contributed by atoms with E-state index in [2.05, 4.69) is 20.2 Å². The van der Waals surface area contributed by atoms with Crippen LogP contribution >= 0.6 is 0 Å². The first-order valence-electron chi connectivity index (χ1n) is 9.38. The lowest BCUT2D eigenvalue weighted by Gasteiger charge is -2.24. The minimum Gasteiger partial charge on any atom is -0.444 e. The normalized spacial score (nSPS) is 26.2. The van der Waals surface area contributed by atoms with E-state index in [0.717, 1.165) is 43.9 Å². The molecule has 2 aromatic rings. The van der Waals surface area contributed by atoms with Crippen LogP contribution in [0.25, 0.3) is 5.78 Å². The summed E-state index contributed by atoms with van der Waals surface area (Å²) >= 11 is 0. The molecular weight excluding hydrogens is 330 g/mol. The molecule has 0 spiro atoms. The molecule has 2 aromatic heterocycles. The number of hydrogen-bond acceptors (Lipinski definition) is 5. The summed E-state index contributed by atoms with van der Waals surface area (Å²) in [6.07, 6.45) is 7.69. The Morgan fingerprint density at radius 3 is 2.96 bits per heavy atom. The van der Waals surface area contributed by atoms with E-state index in [-0.39, 0.29) is 12.1 Å². The summed E-state index contributed by atoms with van der Waals surface area (Å²) in [6, 6.07) is 2.12. The summed E-state index contributed by atoms with van der Waals surface area (Å²) < 4.78 is 7.38. The molecule has 140 valence electrons. The Hall–Kier alpha value is -2.15. The van der Waals surface area contributed by atoms with Crippen molar-refractivity contribution in [1.29, 1.82) is 0 Å². The van der Waals surface area contributed by atoms with Crippen molar-refractivity contribution in [2.45, 2.75) is 51.8 Å². The van der Waals surface area contributed by atoms with Gasteiger partial charge in [0.25, 0.3) is 0 Å². The SMILES string of the molecule is CC(C)(C)OC(=O)N[C@@H]1CC[C@H]2CN(Cc3cn4cccnc4n3)C[C@H]21. The van der Waals surface area contributed by atoms with Gasteiger partial charge in [-0.05, 0) is 51.5 Å². The molecule has 0 radical (unpaired) electrons. The molecule has 1 aliphatic heterocycles. The number of aromatic nitrogens is 3. The van der Waals surface area contributed by atoms with Crippen molar-refractivity contribution in [2.75, 3.05) is 13.1 Å². The minimum atomic E-state index is -0.457. The van der Waals surface area contributed by atoms with Crippen LogP contribution in [-0.4, -0.2) is 50.1 Å². The zero-order valence-electron chi connectivity index (χ0n) is 15.7. The third-order valence-electron chi connectivity index (χ3n) is 5.31. The molecule has 1 saturated carbocycles. The molecule has 1 N–H and O–H groups in total. The van der Waals surface area contributed by atoms with Gasteiger partial charge in [0, 0.05) is 44.3 Å². The second-order valence-electron chi connectivity index (χ2n) is 8.51. The zero-order valence-corrected chi connectivity index (χ0v) is 15.7. The maximum Gasteiger partial charge on any atom is 0.407 e. The van der Waals surface area contributed by atoms with E-state index in [1.54, 1.807) is 6.20 Å². The van der Waals surface area contributed by atoms with Crippen LogP contribution in [0.1, 0.15) is 39.3 Å². The highest BCUT2D eigenvalue weighted by Gasteiger charge is 2.43. The lowest BCUT2D eigenvalue weighted by molar-refractivity contribution is 0.0491. The Labute approximate surface area is 153 Å². The molecule has 2 aliphatic rings. The van der Waals surface area contributed by atoms with Gasteiger partial charge >= 0.3 is 6.09 Å². The standard InChI is InChI=1S/C19H27N5O2/c1-19(2,3)26-18(25)22-16-6-5-13-9-23(12-15(13)16)10-14-11-24-8-4-7-20-17(24)21-14/h4,7-8,11,13,15-16H,5-6,9-10,12H2,1-3H3,(H,22,25)/t13-,15+,16+/m0/s1. The van der Waals surface area contributed by atoms with Gasteiger partial charge in [-0.25, -0.2) is 14.8 Å². The number of carbonyl (C=O) groups excluding carboxylic acids is 1. The van der Waals surface area contributed by atoms with Gasteiger partial charge in [-0.3, -0.25) is 9.30 Å². The Bertz CT molecular complexity index is 764. The van der Waals surface area contributed by atoms with Crippen LogP contribution < -0.4 is 5.32 Å². The first-order valence-corrected chi connectivity index (χ1v) is 9.38. The smallest absolute Gasteiger partial charge is 0.407 e. The third-order valence-corrected chi connectivity index (χ3v) is 5.31. The van der Waals surface area contributed by atoms with Crippen LogP contribution in [0.3, 0.4) is 0 Å². The second kappa shape index (κ2) is 6.54. The fourth-order valence-corrected chi connectivity index (χ4v) is 4.31. The van der Waals surface area contributed by atoms with Gasteiger partial charge in [-0.15, -0.1) is 0 Å². The number of rotatable bonds is 3. The number of fused-ring (bicyclic) bond motifs is 2. The molecule has 3 atom stereocenters. The van der Waals surface area contributed by atoms with E-state index in [1.807, 2.05) is 43.6 Å². The van der Waals surface area contributed by atoms with Crippen LogP contribution in [0.5, 0.6) is 0 Å². The minimum absolute atomic E-state index is 0.211. The third kappa shape index (κ3) is 3.67. The van der Waals surface area contributed by atoms with Gasteiger partial charge in [0.15, 0.2) is 0 Å². The maximum atomic E-state index is 12.1. The van der Waals surface area contributed by atoms with Gasteiger partial charge in [-0.2, -0.15) is 0 Å². The summed E-state index contributed by atoms with van der Waals surface area (Å²) in [5, 5.41) is 3.10. The second-order valence-corrected chi connectivity index (χ2v) is 8.51. The lowest BCUT2D eigenvalue weighted by Crippen LogP contribution is -2.42. The quantitative estimate of drug-likeness (QED) is 0.914. The van der Waals surface area contributed by atoms with E-state index in [0.29, 0.717) is 11.8 Å². The van der Waals surface area contributed by atoms with Crippen molar-refractivity contribution in [1.82, 2.24) is 24.6 Å². The molecule has 1 saturated heterocycles. The highest BCUT2D eigenvalue weighted by Crippen LogP contribution is 2.38. The van der Waals surface area contributed by atoms with Crippen molar-refractivity contribution >= 4 is 11.9 Å². The molecule has 1 aliphatic carbocycles. The van der Waals surface area contributed by atoms with Gasteiger partial charge in [0.05, 0.1) is 5.69 Å². The molecule has 0 unspecified atom stereocenters. The number of alkyl carbamates (subject to hydrolysis) is 1. The predicted molar refractivity (Wildman–Crippen MR) is 97.6 cm³/mol. The predicted octanol–water partition coefficient (Wildman–Crippen LogP) is 2.46. The number of hydrogen-bond donors (Lipinski definition) is 1. The Morgan fingerprint density at radius 1 is 1.35 bits per heavy atom. The van der Waals surface area contributed by atoms with Crippen LogP contribution in [0, 0.1) is 11.8 Å². The Morgan fingerprint density at radius 2 is 2.19 bits per heavy atom. The molecular formula is C19H27N5O2. The van der Waals surface area contributed by atoms with Crippen LogP contribution in [0.4, 0.5) is 4.79 Å². The number of nitrogens with one attached hydrogen (secondary N) is 1. The molecule has 2 fully saturated rings. The summed E-state index contributed by atoms with van der Waals surface area (Å²) in [7, 11) is 0. The lowest BCUT2D eigenvalue weighted by atomic mass is 9.98. The van der Waals surface area contributed by atoms with E-state index in [9.17, 15) is 4.79 Å². The largest absolute Gasteiger partial charge is 0.444 e. The van der Waals surface area contributed by atoms with Crippen LogP contribution in [-0.2, 0) is 11.3 Å². The topological polar surface area (TPSA) is 71.8 Å². The van der Waals surface area contributed by atoms with Crippen molar-refractivity contribution < 1.29 is 9.53 Å². The van der Waals surface area contributed by atoms with E-state index >= 15 is 0 Å². The molecule has 0 bridgehead atoms. The zero-order chi connectivity index (χ0) is 18.3. The first-order chi connectivity index (χ1) is 12.4. The van der Waals surface area contributed by atoms with Gasteiger partial charge in [0.2, 0.25) is 5.78 Å². The fraction of sp³-hybridized carbons (Fsp3) is 0.632.